The molecular weight excluding hydrogens is 546 g/mol. The number of benzene rings is 3. The van der Waals surface area contributed by atoms with E-state index in [1.807, 2.05) is 12.1 Å². The molecule has 3 rings (SSSR count). The molecule has 3 N–H and O–H groups in total. The number of unbranched alkanes of at least 4 members (excludes halogenated alkanes) is 4. The smallest absolute Gasteiger partial charge is 0.336 e. The first-order valence-electron chi connectivity index (χ1n) is 14.9. The topological polar surface area (TPSA) is 122 Å². The van der Waals surface area contributed by atoms with Crippen LogP contribution in [0.1, 0.15) is 60.8 Å². The van der Waals surface area contributed by atoms with Gasteiger partial charge in [-0.15, -0.1) is 0 Å². The van der Waals surface area contributed by atoms with Crippen LogP contribution < -0.4 is 5.32 Å². The highest BCUT2D eigenvalue weighted by Crippen LogP contribution is 2.17. The SMILES string of the molecule is Cc1ccc(C=CCCCCOC(C(=O)NCCCCCc2ccc3ccccc3c2)C(OCC(=O)O)C(=O)O)cc1C. The summed E-state index contributed by atoms with van der Waals surface area (Å²) in [6, 6.07) is 21.0. The first-order valence-corrected chi connectivity index (χ1v) is 14.9. The van der Waals surface area contributed by atoms with E-state index in [1.165, 1.54) is 27.5 Å². The summed E-state index contributed by atoms with van der Waals surface area (Å²) in [5, 5.41) is 23.8. The van der Waals surface area contributed by atoms with Crippen LogP contribution >= 0.6 is 0 Å². The van der Waals surface area contributed by atoms with Crippen LogP contribution in [0.5, 0.6) is 0 Å². The number of rotatable bonds is 19. The fourth-order valence-corrected chi connectivity index (χ4v) is 4.75. The Kier molecular flexibility index (Phi) is 13.9. The Morgan fingerprint density at radius 1 is 0.814 bits per heavy atom. The van der Waals surface area contributed by atoms with E-state index in [4.69, 9.17) is 14.6 Å². The first kappa shape index (κ1) is 33.5. The van der Waals surface area contributed by atoms with Crippen molar-refractivity contribution in [2.75, 3.05) is 19.8 Å². The molecule has 43 heavy (non-hydrogen) atoms. The molecule has 8 heteroatoms. The van der Waals surface area contributed by atoms with Gasteiger partial charge in [-0.3, -0.25) is 4.79 Å². The number of hydrogen-bond donors (Lipinski definition) is 3. The maximum absolute atomic E-state index is 12.9. The number of carbonyl (C=O) groups is 3. The average molecular weight is 590 g/mol. The van der Waals surface area contributed by atoms with E-state index in [0.717, 1.165) is 37.7 Å². The minimum atomic E-state index is -1.73. The molecule has 230 valence electrons. The molecule has 0 aromatic heterocycles. The second kappa shape index (κ2) is 17.8. The van der Waals surface area contributed by atoms with Crippen molar-refractivity contribution < 1.29 is 34.1 Å². The number of carboxylic acid groups (broad SMARTS) is 2. The van der Waals surface area contributed by atoms with Crippen LogP contribution in [0.4, 0.5) is 0 Å². The van der Waals surface area contributed by atoms with Crippen LogP contribution in [-0.4, -0.2) is 60.0 Å². The molecule has 0 bridgehead atoms. The number of carboxylic acids is 2. The van der Waals surface area contributed by atoms with Gasteiger partial charge < -0.3 is 25.0 Å². The minimum absolute atomic E-state index is 0.140. The van der Waals surface area contributed by atoms with E-state index >= 15 is 0 Å². The Labute approximate surface area is 253 Å². The number of fused-ring (bicyclic) bond motifs is 1. The van der Waals surface area contributed by atoms with Gasteiger partial charge in [0.05, 0.1) is 0 Å². The predicted molar refractivity (Wildman–Crippen MR) is 168 cm³/mol. The third kappa shape index (κ3) is 11.7. The van der Waals surface area contributed by atoms with Crippen LogP contribution in [0.3, 0.4) is 0 Å². The fraction of sp³-hybridized carbons (Fsp3) is 0.400. The number of nitrogens with one attached hydrogen (secondary N) is 1. The number of carbonyl (C=O) groups excluding carboxylic acids is 1. The van der Waals surface area contributed by atoms with Gasteiger partial charge in [0.1, 0.15) is 6.61 Å². The number of aryl methyl sites for hydroxylation is 3. The Hall–Kier alpha value is -4.01. The molecular formula is C35H43NO7. The molecule has 2 unspecified atom stereocenters. The number of allylic oxidation sites excluding steroid dienone is 1. The second-order valence-corrected chi connectivity index (χ2v) is 10.8. The lowest BCUT2D eigenvalue weighted by Crippen LogP contribution is -2.49. The van der Waals surface area contributed by atoms with Crippen molar-refractivity contribution in [1.82, 2.24) is 5.32 Å². The average Bonchev–Trinajstić information content (AvgIpc) is 2.98. The van der Waals surface area contributed by atoms with Crippen LogP contribution in [0.15, 0.2) is 66.7 Å². The van der Waals surface area contributed by atoms with E-state index < -0.39 is 36.7 Å². The zero-order valence-electron chi connectivity index (χ0n) is 25.1. The van der Waals surface area contributed by atoms with Crippen molar-refractivity contribution in [3.05, 3.63) is 89.0 Å². The van der Waals surface area contributed by atoms with Crippen molar-refractivity contribution in [1.29, 1.82) is 0 Å². The van der Waals surface area contributed by atoms with Gasteiger partial charge in [0.25, 0.3) is 5.91 Å². The molecule has 0 radical (unpaired) electrons. The zero-order chi connectivity index (χ0) is 31.0. The van der Waals surface area contributed by atoms with E-state index in [9.17, 15) is 19.5 Å². The molecule has 3 aromatic rings. The van der Waals surface area contributed by atoms with Crippen molar-refractivity contribution in [2.45, 2.75) is 71.0 Å². The summed E-state index contributed by atoms with van der Waals surface area (Å²) >= 11 is 0. The third-order valence-electron chi connectivity index (χ3n) is 7.32. The molecule has 0 aliphatic carbocycles. The largest absolute Gasteiger partial charge is 0.480 e. The quantitative estimate of drug-likeness (QED) is 0.144. The highest BCUT2D eigenvalue weighted by Gasteiger charge is 2.36. The number of ether oxygens (including phenoxy) is 2. The van der Waals surface area contributed by atoms with Gasteiger partial charge in [0.2, 0.25) is 0 Å². The second-order valence-electron chi connectivity index (χ2n) is 10.8. The molecule has 0 spiro atoms. The predicted octanol–water partition coefficient (Wildman–Crippen LogP) is 6.11. The fourth-order valence-electron chi connectivity index (χ4n) is 4.75. The van der Waals surface area contributed by atoms with E-state index in [0.29, 0.717) is 19.4 Å². The van der Waals surface area contributed by atoms with Crippen LogP contribution in [0.2, 0.25) is 0 Å². The lowest BCUT2D eigenvalue weighted by Gasteiger charge is -2.23. The van der Waals surface area contributed by atoms with Gasteiger partial charge in [0, 0.05) is 13.2 Å². The highest BCUT2D eigenvalue weighted by molar-refractivity contribution is 5.88. The molecule has 8 nitrogen and oxygen atoms in total. The summed E-state index contributed by atoms with van der Waals surface area (Å²) in [6.07, 6.45) is 6.59. The van der Waals surface area contributed by atoms with Crippen LogP contribution in [0.25, 0.3) is 16.8 Å². The van der Waals surface area contributed by atoms with Gasteiger partial charge in [-0.2, -0.15) is 0 Å². The van der Waals surface area contributed by atoms with E-state index in [1.54, 1.807) is 0 Å². The van der Waals surface area contributed by atoms with Gasteiger partial charge in [0.15, 0.2) is 12.2 Å². The standard InChI is InChI=1S/C35H43NO7/c1-25-16-17-27(22-26(25)2)12-6-3-4-11-21-42-32(33(35(40)41)43-24-31(37)38)34(39)36-20-10-5-7-13-28-18-19-29-14-8-9-15-30(29)23-28/h6,8-9,12,14-19,22-23,32-33H,3-5,7,10-11,13,20-21,24H2,1-2H3,(H,36,39)(H,37,38)(H,40,41). The Balaban J connectivity index is 1.43. The summed E-state index contributed by atoms with van der Waals surface area (Å²) in [5.74, 6) is -3.40. The maximum Gasteiger partial charge on any atom is 0.336 e. The molecule has 0 heterocycles. The Bertz CT molecular complexity index is 1380. The molecule has 3 aromatic carbocycles. The highest BCUT2D eigenvalue weighted by atomic mass is 16.6. The lowest BCUT2D eigenvalue weighted by atomic mass is 10.0. The van der Waals surface area contributed by atoms with Gasteiger partial charge in [-0.05, 0) is 85.4 Å². The zero-order valence-corrected chi connectivity index (χ0v) is 25.1. The third-order valence-corrected chi connectivity index (χ3v) is 7.32. The van der Waals surface area contributed by atoms with Crippen molar-refractivity contribution in [3.8, 4) is 0 Å². The molecule has 1 amide bonds. The van der Waals surface area contributed by atoms with Crippen molar-refractivity contribution >= 4 is 34.7 Å². The van der Waals surface area contributed by atoms with Crippen molar-refractivity contribution in [2.24, 2.45) is 0 Å². The summed E-state index contributed by atoms with van der Waals surface area (Å²) < 4.78 is 10.7. The maximum atomic E-state index is 12.9. The van der Waals surface area contributed by atoms with Gasteiger partial charge in [-0.25, -0.2) is 9.59 Å². The van der Waals surface area contributed by atoms with Crippen LogP contribution in [-0.2, 0) is 30.3 Å². The monoisotopic (exact) mass is 589 g/mol. The summed E-state index contributed by atoms with van der Waals surface area (Å²) in [7, 11) is 0. The van der Waals surface area contributed by atoms with Crippen LogP contribution in [0, 0.1) is 13.8 Å². The lowest BCUT2D eigenvalue weighted by molar-refractivity contribution is -0.172. The summed E-state index contributed by atoms with van der Waals surface area (Å²) in [5.41, 5.74) is 4.87. The molecule has 0 fully saturated rings. The van der Waals surface area contributed by atoms with E-state index in [2.05, 4.69) is 79.8 Å². The number of hydrogen-bond acceptors (Lipinski definition) is 5. The molecule has 0 saturated heterocycles. The first-order chi connectivity index (χ1) is 20.7. The molecule has 0 aliphatic heterocycles. The molecule has 2 atom stereocenters. The molecule has 0 aliphatic rings. The Morgan fingerprint density at radius 2 is 1.60 bits per heavy atom. The molecule has 0 saturated carbocycles. The summed E-state index contributed by atoms with van der Waals surface area (Å²) in [6.45, 7) is 3.80. The van der Waals surface area contributed by atoms with Gasteiger partial charge >= 0.3 is 11.9 Å². The number of aliphatic carboxylic acids is 2. The van der Waals surface area contributed by atoms with Gasteiger partial charge in [-0.1, -0.05) is 79.2 Å². The number of amides is 1. The Morgan fingerprint density at radius 3 is 2.35 bits per heavy atom. The minimum Gasteiger partial charge on any atom is -0.480 e. The van der Waals surface area contributed by atoms with E-state index in [-0.39, 0.29) is 6.61 Å². The van der Waals surface area contributed by atoms with Crippen molar-refractivity contribution in [3.63, 3.8) is 0 Å². The normalized spacial score (nSPS) is 12.8. The summed E-state index contributed by atoms with van der Waals surface area (Å²) in [4.78, 5) is 35.8.